The second-order valence-corrected chi connectivity index (χ2v) is 10.3. The first-order chi connectivity index (χ1) is 12.2. The largest absolute Gasteiger partial charge is 0.181 e. The van der Waals surface area contributed by atoms with E-state index in [1.165, 1.54) is 43.0 Å². The molecule has 122 valence electrons. The van der Waals surface area contributed by atoms with E-state index >= 15 is 0 Å². The Morgan fingerprint density at radius 1 is 0.920 bits per heavy atom. The van der Waals surface area contributed by atoms with Crippen LogP contribution in [0.3, 0.4) is 0 Å². The van der Waals surface area contributed by atoms with Crippen LogP contribution in [0, 0.1) is 0 Å². The summed E-state index contributed by atoms with van der Waals surface area (Å²) in [7, 11) is -2.25. The van der Waals surface area contributed by atoms with E-state index in [4.69, 9.17) is 0 Å². The quantitative estimate of drug-likeness (QED) is 0.684. The van der Waals surface area contributed by atoms with Gasteiger partial charge in [0.2, 0.25) is 0 Å². The normalized spacial score (nSPS) is 19.1. The molecule has 0 nitrogen and oxygen atoms in total. The second kappa shape index (κ2) is 5.71. The molecule has 0 fully saturated rings. The van der Waals surface area contributed by atoms with Gasteiger partial charge in [0.05, 0.1) is 0 Å². The molecular formula is C24H22Si. The van der Waals surface area contributed by atoms with Crippen molar-refractivity contribution >= 4 is 18.4 Å². The van der Waals surface area contributed by atoms with E-state index in [-0.39, 0.29) is 0 Å². The highest BCUT2D eigenvalue weighted by Gasteiger charge is 2.54. The minimum Gasteiger partial charge on any atom is -0.0991 e. The van der Waals surface area contributed by atoms with Crippen LogP contribution < -0.4 is 10.4 Å². The van der Waals surface area contributed by atoms with E-state index in [9.17, 15) is 0 Å². The minimum atomic E-state index is -2.25. The summed E-state index contributed by atoms with van der Waals surface area (Å²) in [4.78, 5) is 0. The molecule has 4 rings (SSSR count). The molecule has 1 spiro atoms. The summed E-state index contributed by atoms with van der Waals surface area (Å²) >= 11 is 0. The van der Waals surface area contributed by atoms with Gasteiger partial charge in [0.15, 0.2) is 8.07 Å². The standard InChI is InChI=1S/C24H22Si/c1-5-11-21-17(3)18(4)22(12-6-2)25(21)23-15-9-7-13-19(23)20-14-8-10-16-24(20)25/h5-16H,1,3H2,2,4H3. The number of benzene rings is 2. The van der Waals surface area contributed by atoms with Crippen LogP contribution in [0.4, 0.5) is 0 Å². The third kappa shape index (κ3) is 1.87. The summed E-state index contributed by atoms with van der Waals surface area (Å²) in [5.41, 5.74) is 5.25. The number of fused-ring (bicyclic) bond motifs is 5. The second-order valence-electron chi connectivity index (χ2n) is 6.67. The Hall–Kier alpha value is -2.64. The first-order valence-corrected chi connectivity index (χ1v) is 10.7. The third-order valence-electron chi connectivity index (χ3n) is 5.56. The smallest absolute Gasteiger partial charge is 0.0991 e. The van der Waals surface area contributed by atoms with Crippen molar-refractivity contribution in [3.8, 4) is 11.1 Å². The molecule has 0 unspecified atom stereocenters. The van der Waals surface area contributed by atoms with Crippen molar-refractivity contribution in [2.75, 3.05) is 0 Å². The molecule has 2 aromatic carbocycles. The average molecular weight is 339 g/mol. The highest BCUT2D eigenvalue weighted by Crippen LogP contribution is 2.46. The summed E-state index contributed by atoms with van der Waals surface area (Å²) in [6.45, 7) is 12.8. The molecule has 0 aromatic heterocycles. The fourth-order valence-electron chi connectivity index (χ4n) is 4.59. The van der Waals surface area contributed by atoms with Crippen LogP contribution in [0.15, 0.2) is 108 Å². The molecule has 0 saturated carbocycles. The molecule has 2 aromatic rings. The SMILES string of the molecule is C=CC=C1C(=C)C(C)=C(C=CC)[Si]12c1ccccc1-c1ccccc12. The zero-order chi connectivity index (χ0) is 17.6. The first kappa shape index (κ1) is 15.9. The van der Waals surface area contributed by atoms with E-state index in [1.54, 1.807) is 0 Å². The highest BCUT2D eigenvalue weighted by molar-refractivity contribution is 7.16. The fraction of sp³-hybridized carbons (Fsp3) is 0.0833. The summed E-state index contributed by atoms with van der Waals surface area (Å²) in [6.07, 6.45) is 8.61. The van der Waals surface area contributed by atoms with E-state index in [2.05, 4.69) is 93.8 Å². The maximum atomic E-state index is 4.46. The van der Waals surface area contributed by atoms with Gasteiger partial charge in [0.1, 0.15) is 0 Å². The Morgan fingerprint density at radius 3 is 2.00 bits per heavy atom. The van der Waals surface area contributed by atoms with Gasteiger partial charge in [0.25, 0.3) is 0 Å². The van der Waals surface area contributed by atoms with E-state index in [1.807, 2.05) is 6.08 Å². The third-order valence-corrected chi connectivity index (χ3v) is 10.7. The molecule has 2 aliphatic heterocycles. The van der Waals surface area contributed by atoms with Crippen LogP contribution in [0.2, 0.25) is 0 Å². The summed E-state index contributed by atoms with van der Waals surface area (Å²) in [5, 5.41) is 5.81. The van der Waals surface area contributed by atoms with Gasteiger partial charge in [-0.3, -0.25) is 0 Å². The van der Waals surface area contributed by atoms with E-state index in [0.29, 0.717) is 0 Å². The van der Waals surface area contributed by atoms with Crippen molar-refractivity contribution in [3.63, 3.8) is 0 Å². The molecule has 0 bridgehead atoms. The number of hydrogen-bond donors (Lipinski definition) is 0. The summed E-state index contributed by atoms with van der Waals surface area (Å²) in [6, 6.07) is 17.8. The lowest BCUT2D eigenvalue weighted by atomic mass is 10.1. The predicted octanol–water partition coefficient (Wildman–Crippen LogP) is 4.88. The van der Waals surface area contributed by atoms with Gasteiger partial charge >= 0.3 is 0 Å². The average Bonchev–Trinajstić information content (AvgIpc) is 3.04. The lowest BCUT2D eigenvalue weighted by Crippen LogP contribution is -2.57. The van der Waals surface area contributed by atoms with Gasteiger partial charge in [-0.15, -0.1) is 0 Å². The van der Waals surface area contributed by atoms with Crippen LogP contribution in [-0.4, -0.2) is 8.07 Å². The van der Waals surface area contributed by atoms with Crippen molar-refractivity contribution in [3.05, 3.63) is 108 Å². The fourth-order valence-corrected chi connectivity index (χ4v) is 10.4. The monoisotopic (exact) mass is 338 g/mol. The Labute approximate surface area is 151 Å². The van der Waals surface area contributed by atoms with Crippen LogP contribution in [0.5, 0.6) is 0 Å². The van der Waals surface area contributed by atoms with Crippen molar-refractivity contribution in [1.29, 1.82) is 0 Å². The molecule has 1 heteroatoms. The van der Waals surface area contributed by atoms with Crippen molar-refractivity contribution in [2.45, 2.75) is 13.8 Å². The molecule has 0 atom stereocenters. The van der Waals surface area contributed by atoms with Crippen LogP contribution in [-0.2, 0) is 0 Å². The van der Waals surface area contributed by atoms with E-state index < -0.39 is 8.07 Å². The molecular weight excluding hydrogens is 316 g/mol. The highest BCUT2D eigenvalue weighted by atomic mass is 28.3. The van der Waals surface area contributed by atoms with E-state index in [0.717, 1.165) is 0 Å². The molecule has 25 heavy (non-hydrogen) atoms. The van der Waals surface area contributed by atoms with Gasteiger partial charge in [-0.25, -0.2) is 0 Å². The summed E-state index contributed by atoms with van der Waals surface area (Å²) in [5.74, 6) is 0. The Kier molecular flexibility index (Phi) is 3.62. The predicted molar refractivity (Wildman–Crippen MR) is 112 cm³/mol. The molecule has 0 amide bonds. The topological polar surface area (TPSA) is 0 Å². The molecule has 0 radical (unpaired) electrons. The molecule has 0 aliphatic carbocycles. The maximum absolute atomic E-state index is 4.46. The molecule has 0 saturated heterocycles. The molecule has 2 aliphatic rings. The zero-order valence-electron chi connectivity index (χ0n) is 14.8. The zero-order valence-corrected chi connectivity index (χ0v) is 15.8. The maximum Gasteiger partial charge on any atom is 0.181 e. The summed E-state index contributed by atoms with van der Waals surface area (Å²) < 4.78 is 0. The first-order valence-electron chi connectivity index (χ1n) is 8.74. The van der Waals surface area contributed by atoms with Gasteiger partial charge in [-0.2, -0.15) is 0 Å². The number of rotatable bonds is 2. The Balaban J connectivity index is 2.22. The van der Waals surface area contributed by atoms with Crippen molar-refractivity contribution in [2.24, 2.45) is 0 Å². The van der Waals surface area contributed by atoms with Gasteiger partial charge in [-0.05, 0) is 56.9 Å². The lowest BCUT2D eigenvalue weighted by molar-refractivity contribution is 1.44. The number of hydrogen-bond acceptors (Lipinski definition) is 0. The Bertz CT molecular complexity index is 953. The van der Waals surface area contributed by atoms with Crippen LogP contribution in [0.25, 0.3) is 11.1 Å². The molecule has 2 heterocycles. The van der Waals surface area contributed by atoms with Crippen LogP contribution in [0.1, 0.15) is 13.8 Å². The lowest BCUT2D eigenvalue weighted by Gasteiger charge is -2.29. The van der Waals surface area contributed by atoms with Crippen molar-refractivity contribution in [1.82, 2.24) is 0 Å². The van der Waals surface area contributed by atoms with Gasteiger partial charge in [0, 0.05) is 0 Å². The minimum absolute atomic E-state index is 1.17. The van der Waals surface area contributed by atoms with Gasteiger partial charge < -0.3 is 0 Å². The Morgan fingerprint density at radius 2 is 1.48 bits per heavy atom. The van der Waals surface area contributed by atoms with Crippen LogP contribution >= 0.6 is 0 Å². The molecule has 0 N–H and O–H groups in total. The van der Waals surface area contributed by atoms with Gasteiger partial charge in [-0.1, -0.05) is 86.0 Å². The van der Waals surface area contributed by atoms with Crippen molar-refractivity contribution < 1.29 is 0 Å². The number of allylic oxidation sites excluding steroid dienone is 8.